The number of hydrazone groups is 1. The summed E-state index contributed by atoms with van der Waals surface area (Å²) < 4.78 is 6.25. The number of nitrogens with zero attached hydrogens (tertiary/aromatic N) is 3. The highest BCUT2D eigenvalue weighted by atomic mass is 32.1. The summed E-state index contributed by atoms with van der Waals surface area (Å²) >= 11 is 2.98. The first-order chi connectivity index (χ1) is 12.8. The van der Waals surface area contributed by atoms with E-state index in [0.29, 0.717) is 10.9 Å². The molecule has 0 aliphatic heterocycles. The van der Waals surface area contributed by atoms with Crippen molar-refractivity contribution in [2.75, 3.05) is 5.01 Å². The van der Waals surface area contributed by atoms with Crippen LogP contribution >= 0.6 is 22.7 Å². The minimum atomic E-state index is -0.278. The van der Waals surface area contributed by atoms with Crippen molar-refractivity contribution in [2.24, 2.45) is 5.10 Å². The summed E-state index contributed by atoms with van der Waals surface area (Å²) in [5.74, 6) is 0.284. The van der Waals surface area contributed by atoms with Crippen LogP contribution in [0.3, 0.4) is 0 Å². The van der Waals surface area contributed by atoms with Gasteiger partial charge in [0.25, 0.3) is 5.91 Å². The highest BCUT2D eigenvalue weighted by Gasteiger charge is 2.17. The van der Waals surface area contributed by atoms with Crippen molar-refractivity contribution >= 4 is 56.2 Å². The van der Waals surface area contributed by atoms with Gasteiger partial charge in [-0.3, -0.25) is 4.79 Å². The molecule has 0 spiro atoms. The first kappa shape index (κ1) is 16.4. The molecule has 3 heterocycles. The van der Waals surface area contributed by atoms with Crippen LogP contribution < -0.4 is 5.01 Å². The topological polar surface area (TPSA) is 58.7 Å². The Bertz CT molecular complexity index is 1030. The predicted octanol–water partition coefficient (Wildman–Crippen LogP) is 5.03. The zero-order chi connectivity index (χ0) is 17.8. The fraction of sp³-hybridized carbons (Fsp3) is 0. The standard InChI is InChI=1S/C19H13N3O2S2/c23-18(10-9-15-6-4-12-25-15)22(20-13-14-5-3-11-24-14)19-21-16-7-1-2-8-17(16)26-19/h1-13H/b10-9+,20-13-. The van der Waals surface area contributed by atoms with Gasteiger partial charge < -0.3 is 4.42 Å². The van der Waals surface area contributed by atoms with Crippen LogP contribution in [0, 0.1) is 0 Å². The van der Waals surface area contributed by atoms with Crippen molar-refractivity contribution < 1.29 is 9.21 Å². The molecule has 1 aromatic carbocycles. The van der Waals surface area contributed by atoms with Gasteiger partial charge in [-0.25, -0.2) is 4.98 Å². The number of amides is 1. The average molecular weight is 379 g/mol. The molecule has 0 unspecified atom stereocenters. The predicted molar refractivity (Wildman–Crippen MR) is 107 cm³/mol. The molecule has 0 aliphatic rings. The Morgan fingerprint density at radius 3 is 2.85 bits per heavy atom. The molecular weight excluding hydrogens is 366 g/mol. The minimum absolute atomic E-state index is 0.278. The molecule has 7 heteroatoms. The molecule has 0 radical (unpaired) electrons. The normalized spacial score (nSPS) is 11.7. The average Bonchev–Trinajstić information content (AvgIpc) is 3.40. The summed E-state index contributed by atoms with van der Waals surface area (Å²) in [6, 6.07) is 15.2. The number of thiophene rings is 1. The molecule has 4 rings (SSSR count). The molecule has 5 nitrogen and oxygen atoms in total. The highest BCUT2D eigenvalue weighted by Crippen LogP contribution is 2.29. The Labute approximate surface area is 157 Å². The van der Waals surface area contributed by atoms with Gasteiger partial charge >= 0.3 is 0 Å². The number of para-hydroxylation sites is 1. The Balaban J connectivity index is 1.67. The van der Waals surface area contributed by atoms with Gasteiger partial charge in [-0.1, -0.05) is 29.5 Å². The Kier molecular flexibility index (Phi) is 4.72. The number of carbonyl (C=O) groups is 1. The van der Waals surface area contributed by atoms with Crippen molar-refractivity contribution in [3.05, 3.63) is 76.9 Å². The second-order valence-corrected chi connectivity index (χ2v) is 7.21. The molecule has 0 saturated carbocycles. The van der Waals surface area contributed by atoms with Gasteiger partial charge in [0.2, 0.25) is 5.13 Å². The van der Waals surface area contributed by atoms with Crippen LogP contribution in [0.25, 0.3) is 16.3 Å². The van der Waals surface area contributed by atoms with Crippen LogP contribution in [0.4, 0.5) is 5.13 Å². The second-order valence-electron chi connectivity index (χ2n) is 5.22. The number of hydrogen-bond acceptors (Lipinski definition) is 6. The van der Waals surface area contributed by atoms with E-state index in [-0.39, 0.29) is 5.91 Å². The summed E-state index contributed by atoms with van der Waals surface area (Å²) in [4.78, 5) is 18.3. The maximum absolute atomic E-state index is 12.7. The van der Waals surface area contributed by atoms with E-state index in [1.807, 2.05) is 41.8 Å². The molecule has 0 fully saturated rings. The van der Waals surface area contributed by atoms with Gasteiger partial charge in [-0.05, 0) is 41.8 Å². The number of fused-ring (bicyclic) bond motifs is 1. The van der Waals surface area contributed by atoms with E-state index in [4.69, 9.17) is 4.42 Å². The van der Waals surface area contributed by atoms with E-state index >= 15 is 0 Å². The van der Waals surface area contributed by atoms with E-state index < -0.39 is 0 Å². The summed E-state index contributed by atoms with van der Waals surface area (Å²) in [6.45, 7) is 0. The fourth-order valence-electron chi connectivity index (χ4n) is 2.24. The number of thiazole rings is 1. The van der Waals surface area contributed by atoms with Crippen LogP contribution in [-0.2, 0) is 4.79 Å². The van der Waals surface area contributed by atoms with Gasteiger partial charge in [-0.2, -0.15) is 10.1 Å². The number of hydrogen-bond donors (Lipinski definition) is 0. The Morgan fingerprint density at radius 2 is 2.08 bits per heavy atom. The lowest BCUT2D eigenvalue weighted by atomic mass is 10.3. The molecule has 0 atom stereocenters. The molecule has 0 saturated heterocycles. The van der Waals surface area contributed by atoms with Gasteiger partial charge in [0.05, 0.1) is 22.7 Å². The monoisotopic (exact) mass is 379 g/mol. The second kappa shape index (κ2) is 7.47. The Morgan fingerprint density at radius 1 is 1.15 bits per heavy atom. The maximum Gasteiger partial charge on any atom is 0.273 e. The maximum atomic E-state index is 12.7. The molecule has 26 heavy (non-hydrogen) atoms. The lowest BCUT2D eigenvalue weighted by molar-refractivity contribution is -0.114. The third kappa shape index (κ3) is 3.63. The summed E-state index contributed by atoms with van der Waals surface area (Å²) in [5, 5.41) is 8.06. The number of benzene rings is 1. The zero-order valence-electron chi connectivity index (χ0n) is 13.5. The molecule has 1 amide bonds. The first-order valence-electron chi connectivity index (χ1n) is 7.78. The van der Waals surface area contributed by atoms with Gasteiger partial charge in [-0.15, -0.1) is 11.3 Å². The smallest absolute Gasteiger partial charge is 0.273 e. The van der Waals surface area contributed by atoms with E-state index in [2.05, 4.69) is 10.1 Å². The number of rotatable bonds is 5. The summed E-state index contributed by atoms with van der Waals surface area (Å²) in [6.07, 6.45) is 6.33. The molecule has 0 N–H and O–H groups in total. The van der Waals surface area contributed by atoms with Crippen molar-refractivity contribution in [1.29, 1.82) is 0 Å². The number of anilines is 1. The molecule has 0 bridgehead atoms. The number of furan rings is 1. The SMILES string of the molecule is O=C(/C=C/c1cccs1)N(/N=C\c1ccco1)c1nc2ccccc2s1. The van der Waals surface area contributed by atoms with Gasteiger partial charge in [0, 0.05) is 11.0 Å². The quantitative estimate of drug-likeness (QED) is 0.278. The van der Waals surface area contributed by atoms with Crippen LogP contribution in [0.1, 0.15) is 10.6 Å². The molecule has 128 valence electrons. The number of carbonyl (C=O) groups excluding carboxylic acids is 1. The largest absolute Gasteiger partial charge is 0.463 e. The Hall–Kier alpha value is -3.03. The van der Waals surface area contributed by atoms with Crippen LogP contribution in [0.15, 0.2) is 75.8 Å². The fourth-order valence-corrected chi connectivity index (χ4v) is 3.79. The van der Waals surface area contributed by atoms with E-state index in [9.17, 15) is 4.79 Å². The van der Waals surface area contributed by atoms with Crippen LogP contribution in [-0.4, -0.2) is 17.1 Å². The first-order valence-corrected chi connectivity index (χ1v) is 9.48. The van der Waals surface area contributed by atoms with Gasteiger partial charge in [0.15, 0.2) is 0 Å². The molecule has 3 aromatic heterocycles. The molecule has 4 aromatic rings. The minimum Gasteiger partial charge on any atom is -0.463 e. The van der Waals surface area contributed by atoms with Crippen molar-refractivity contribution in [3.63, 3.8) is 0 Å². The third-order valence-electron chi connectivity index (χ3n) is 3.45. The molecular formula is C19H13N3O2S2. The lowest BCUT2D eigenvalue weighted by Gasteiger charge is -2.10. The van der Waals surface area contributed by atoms with E-state index in [1.54, 1.807) is 35.8 Å². The van der Waals surface area contributed by atoms with Crippen LogP contribution in [0.2, 0.25) is 0 Å². The lowest BCUT2D eigenvalue weighted by Crippen LogP contribution is -2.23. The van der Waals surface area contributed by atoms with Crippen LogP contribution in [0.5, 0.6) is 0 Å². The summed E-state index contributed by atoms with van der Waals surface area (Å²) in [7, 11) is 0. The van der Waals surface area contributed by atoms with E-state index in [1.165, 1.54) is 28.6 Å². The summed E-state index contributed by atoms with van der Waals surface area (Å²) in [5.41, 5.74) is 0.834. The zero-order valence-corrected chi connectivity index (χ0v) is 15.1. The van der Waals surface area contributed by atoms with Gasteiger partial charge in [0.1, 0.15) is 5.76 Å². The van der Waals surface area contributed by atoms with Crippen molar-refractivity contribution in [1.82, 2.24) is 4.98 Å². The van der Waals surface area contributed by atoms with Crippen molar-refractivity contribution in [2.45, 2.75) is 0 Å². The highest BCUT2D eigenvalue weighted by molar-refractivity contribution is 7.22. The molecule has 0 aliphatic carbocycles. The number of aromatic nitrogens is 1. The third-order valence-corrected chi connectivity index (χ3v) is 5.30. The van der Waals surface area contributed by atoms with E-state index in [0.717, 1.165) is 15.1 Å². The van der Waals surface area contributed by atoms with Crippen molar-refractivity contribution in [3.8, 4) is 0 Å².